The SMILES string of the molecule is Cn1cc(N2CCC(Nc3ccc([N+](=O)[O-])cn3)C2=O)cn1. The summed E-state index contributed by atoms with van der Waals surface area (Å²) in [6.45, 7) is 0.592. The summed E-state index contributed by atoms with van der Waals surface area (Å²) in [5, 5.41) is 17.7. The molecule has 3 rings (SSSR count). The fraction of sp³-hybridized carbons (Fsp3) is 0.308. The predicted molar refractivity (Wildman–Crippen MR) is 78.5 cm³/mol. The van der Waals surface area contributed by atoms with Gasteiger partial charge >= 0.3 is 0 Å². The minimum absolute atomic E-state index is 0.0619. The quantitative estimate of drug-likeness (QED) is 0.665. The Morgan fingerprint density at radius 1 is 1.41 bits per heavy atom. The van der Waals surface area contributed by atoms with E-state index in [4.69, 9.17) is 0 Å². The van der Waals surface area contributed by atoms with E-state index >= 15 is 0 Å². The molecule has 1 atom stereocenters. The fourth-order valence-corrected chi connectivity index (χ4v) is 2.38. The predicted octanol–water partition coefficient (Wildman–Crippen LogP) is 0.941. The summed E-state index contributed by atoms with van der Waals surface area (Å²) in [6, 6.07) is 2.46. The highest BCUT2D eigenvalue weighted by Gasteiger charge is 2.33. The molecule has 1 saturated heterocycles. The van der Waals surface area contributed by atoms with Gasteiger partial charge in [0.05, 0.1) is 16.8 Å². The van der Waals surface area contributed by atoms with Gasteiger partial charge in [0, 0.05) is 25.9 Å². The maximum absolute atomic E-state index is 12.4. The van der Waals surface area contributed by atoms with Gasteiger partial charge in [-0.2, -0.15) is 5.10 Å². The number of nitrogens with zero attached hydrogens (tertiary/aromatic N) is 5. The molecular formula is C13H14N6O3. The highest BCUT2D eigenvalue weighted by Crippen LogP contribution is 2.23. The molecular weight excluding hydrogens is 288 g/mol. The number of pyridine rings is 1. The lowest BCUT2D eigenvalue weighted by molar-refractivity contribution is -0.385. The third-order valence-corrected chi connectivity index (χ3v) is 3.49. The molecule has 1 unspecified atom stereocenters. The van der Waals surface area contributed by atoms with Crippen LogP contribution in [0.15, 0.2) is 30.7 Å². The van der Waals surface area contributed by atoms with Gasteiger partial charge < -0.3 is 10.2 Å². The maximum Gasteiger partial charge on any atom is 0.287 e. The molecule has 1 aliphatic rings. The van der Waals surface area contributed by atoms with Gasteiger partial charge in [-0.3, -0.25) is 19.6 Å². The van der Waals surface area contributed by atoms with Crippen LogP contribution in [-0.2, 0) is 11.8 Å². The van der Waals surface area contributed by atoms with Gasteiger partial charge in [0.1, 0.15) is 18.1 Å². The van der Waals surface area contributed by atoms with E-state index in [-0.39, 0.29) is 11.6 Å². The van der Waals surface area contributed by atoms with Crippen LogP contribution in [0.5, 0.6) is 0 Å². The summed E-state index contributed by atoms with van der Waals surface area (Å²) in [6.07, 6.45) is 5.22. The minimum Gasteiger partial charge on any atom is -0.358 e. The Morgan fingerprint density at radius 3 is 2.82 bits per heavy atom. The second-order valence-corrected chi connectivity index (χ2v) is 5.01. The first kappa shape index (κ1) is 14.0. The number of carbonyl (C=O) groups is 1. The molecule has 0 bridgehead atoms. The number of anilines is 2. The maximum atomic E-state index is 12.4. The van der Waals surface area contributed by atoms with E-state index in [2.05, 4.69) is 15.4 Å². The molecule has 22 heavy (non-hydrogen) atoms. The smallest absolute Gasteiger partial charge is 0.287 e. The molecule has 9 heteroatoms. The first-order chi connectivity index (χ1) is 10.5. The number of hydrogen-bond acceptors (Lipinski definition) is 6. The van der Waals surface area contributed by atoms with Crippen molar-refractivity contribution in [2.24, 2.45) is 7.05 Å². The van der Waals surface area contributed by atoms with Crippen molar-refractivity contribution in [2.45, 2.75) is 12.5 Å². The van der Waals surface area contributed by atoms with E-state index in [1.54, 1.807) is 29.0 Å². The van der Waals surface area contributed by atoms with Crippen LogP contribution in [0.3, 0.4) is 0 Å². The Hall–Kier alpha value is -2.97. The summed E-state index contributed by atoms with van der Waals surface area (Å²) in [5.41, 5.74) is 0.675. The zero-order valence-electron chi connectivity index (χ0n) is 11.8. The second kappa shape index (κ2) is 5.43. The topological polar surface area (TPSA) is 106 Å². The lowest BCUT2D eigenvalue weighted by Crippen LogP contribution is -2.33. The Kier molecular flexibility index (Phi) is 3.45. The number of amides is 1. The number of nitro groups is 1. The van der Waals surface area contributed by atoms with Crippen LogP contribution in [0.4, 0.5) is 17.2 Å². The molecule has 3 heterocycles. The number of nitrogens with one attached hydrogen (secondary N) is 1. The third kappa shape index (κ3) is 2.60. The van der Waals surface area contributed by atoms with E-state index in [1.165, 1.54) is 18.3 Å². The number of carbonyl (C=O) groups excluding carboxylic acids is 1. The van der Waals surface area contributed by atoms with Gasteiger partial charge in [-0.15, -0.1) is 0 Å². The summed E-state index contributed by atoms with van der Waals surface area (Å²) in [5.74, 6) is 0.380. The molecule has 1 amide bonds. The van der Waals surface area contributed by atoms with E-state index in [0.717, 1.165) is 5.69 Å². The van der Waals surface area contributed by atoms with Crippen LogP contribution in [0.25, 0.3) is 0 Å². The van der Waals surface area contributed by atoms with Crippen molar-refractivity contribution in [1.82, 2.24) is 14.8 Å². The van der Waals surface area contributed by atoms with Crippen molar-refractivity contribution >= 4 is 23.1 Å². The molecule has 1 aliphatic heterocycles. The van der Waals surface area contributed by atoms with Crippen LogP contribution < -0.4 is 10.2 Å². The van der Waals surface area contributed by atoms with Gasteiger partial charge in [0.15, 0.2) is 0 Å². The van der Waals surface area contributed by atoms with Crippen LogP contribution in [-0.4, -0.2) is 38.2 Å². The average Bonchev–Trinajstić information content (AvgIpc) is 3.07. The molecule has 2 aromatic rings. The summed E-state index contributed by atoms with van der Waals surface area (Å²) in [7, 11) is 1.79. The van der Waals surface area contributed by atoms with Gasteiger partial charge in [-0.05, 0) is 12.5 Å². The monoisotopic (exact) mass is 302 g/mol. The van der Waals surface area contributed by atoms with E-state index < -0.39 is 11.0 Å². The second-order valence-electron chi connectivity index (χ2n) is 5.01. The minimum atomic E-state index is -0.512. The van der Waals surface area contributed by atoms with Gasteiger partial charge in [-0.1, -0.05) is 0 Å². The van der Waals surface area contributed by atoms with Gasteiger partial charge in [-0.25, -0.2) is 4.98 Å². The van der Waals surface area contributed by atoms with Crippen molar-refractivity contribution < 1.29 is 9.72 Å². The van der Waals surface area contributed by atoms with Gasteiger partial charge in [0.2, 0.25) is 5.91 Å². The van der Waals surface area contributed by atoms with Crippen molar-refractivity contribution in [3.8, 4) is 0 Å². The van der Waals surface area contributed by atoms with E-state index in [0.29, 0.717) is 18.8 Å². The van der Waals surface area contributed by atoms with Crippen molar-refractivity contribution in [1.29, 1.82) is 0 Å². The largest absolute Gasteiger partial charge is 0.358 e. The molecule has 0 aliphatic carbocycles. The van der Waals surface area contributed by atoms with Crippen LogP contribution in [0.2, 0.25) is 0 Å². The Bertz CT molecular complexity index is 711. The van der Waals surface area contributed by atoms with Crippen molar-refractivity contribution in [3.05, 3.63) is 40.8 Å². The lowest BCUT2D eigenvalue weighted by atomic mass is 10.2. The third-order valence-electron chi connectivity index (χ3n) is 3.49. The number of hydrogen-bond donors (Lipinski definition) is 1. The van der Waals surface area contributed by atoms with Crippen LogP contribution >= 0.6 is 0 Å². The summed E-state index contributed by atoms with van der Waals surface area (Å²) < 4.78 is 1.64. The van der Waals surface area contributed by atoms with Crippen LogP contribution in [0, 0.1) is 10.1 Å². The van der Waals surface area contributed by atoms with Crippen molar-refractivity contribution in [2.75, 3.05) is 16.8 Å². The summed E-state index contributed by atoms with van der Waals surface area (Å²) in [4.78, 5) is 28.1. The number of rotatable bonds is 4. The Labute approximate surface area is 125 Å². The van der Waals surface area contributed by atoms with Crippen LogP contribution in [0.1, 0.15) is 6.42 Å². The first-order valence-electron chi connectivity index (χ1n) is 6.71. The van der Waals surface area contributed by atoms with Gasteiger partial charge in [0.25, 0.3) is 5.69 Å². The Morgan fingerprint density at radius 2 is 2.23 bits per heavy atom. The fourth-order valence-electron chi connectivity index (χ4n) is 2.38. The first-order valence-corrected chi connectivity index (χ1v) is 6.71. The average molecular weight is 302 g/mol. The molecule has 0 aromatic carbocycles. The number of aromatic nitrogens is 3. The summed E-state index contributed by atoms with van der Waals surface area (Å²) >= 11 is 0. The zero-order valence-corrected chi connectivity index (χ0v) is 11.8. The molecule has 9 nitrogen and oxygen atoms in total. The molecule has 0 radical (unpaired) electrons. The zero-order chi connectivity index (χ0) is 15.7. The molecule has 0 saturated carbocycles. The normalized spacial score (nSPS) is 17.8. The van der Waals surface area contributed by atoms with Crippen molar-refractivity contribution in [3.63, 3.8) is 0 Å². The standard InChI is InChI=1S/C13H14N6O3/c1-17-8-10(7-15-17)18-5-4-11(13(18)20)16-12-3-2-9(6-14-12)19(21)22/h2-3,6-8,11H,4-5H2,1H3,(H,14,16). The molecule has 1 N–H and O–H groups in total. The molecule has 0 spiro atoms. The van der Waals surface area contributed by atoms with E-state index in [1.807, 2.05) is 0 Å². The highest BCUT2D eigenvalue weighted by molar-refractivity contribution is 6.00. The number of aryl methyl sites for hydroxylation is 1. The lowest BCUT2D eigenvalue weighted by Gasteiger charge is -2.15. The highest BCUT2D eigenvalue weighted by atomic mass is 16.6. The molecule has 1 fully saturated rings. The van der Waals surface area contributed by atoms with E-state index in [9.17, 15) is 14.9 Å². The molecule has 2 aromatic heterocycles. The Balaban J connectivity index is 1.69. The molecule has 114 valence electrons.